The molecule has 9 heteroatoms. The molecule has 2 heterocycles. The van der Waals surface area contributed by atoms with E-state index >= 15 is 0 Å². The Morgan fingerprint density at radius 3 is 2.80 bits per heavy atom. The van der Waals surface area contributed by atoms with Crippen LogP contribution >= 0.6 is 11.3 Å². The van der Waals surface area contributed by atoms with Crippen LogP contribution in [0.1, 0.15) is 31.7 Å². The molecule has 1 aliphatic heterocycles. The molecular formula is C11H18N4O3S2. The second-order valence-corrected chi connectivity index (χ2v) is 8.48. The molecule has 1 saturated heterocycles. The van der Waals surface area contributed by atoms with Crippen LogP contribution in [0, 0.1) is 0 Å². The molecule has 112 valence electrons. The minimum Gasteiger partial charge on any atom is -0.332 e. The number of nitrogens with zero attached hydrogens (tertiary/aromatic N) is 2. The Kier molecular flexibility index (Phi) is 4.28. The summed E-state index contributed by atoms with van der Waals surface area (Å²) in [5, 5.41) is 14.4. The summed E-state index contributed by atoms with van der Waals surface area (Å²) in [4.78, 5) is 11.9. The SMILES string of the molecule is CCCc1nnc(NC(=O)N[C@@]2(C)CCS(=O)(=O)C2)s1. The largest absolute Gasteiger partial charge is 0.332 e. The maximum atomic E-state index is 11.9. The Bertz CT molecular complexity index is 599. The smallest absolute Gasteiger partial charge is 0.321 e. The average Bonchev–Trinajstić information content (AvgIpc) is 2.84. The van der Waals surface area contributed by atoms with Crippen LogP contribution in [0.4, 0.5) is 9.93 Å². The predicted molar refractivity (Wildman–Crippen MR) is 77.7 cm³/mol. The van der Waals surface area contributed by atoms with E-state index in [4.69, 9.17) is 0 Å². The summed E-state index contributed by atoms with van der Waals surface area (Å²) in [6, 6.07) is -0.441. The van der Waals surface area contributed by atoms with Gasteiger partial charge in [-0.1, -0.05) is 18.3 Å². The molecule has 0 radical (unpaired) electrons. The highest BCUT2D eigenvalue weighted by Crippen LogP contribution is 2.23. The van der Waals surface area contributed by atoms with Crippen LogP contribution < -0.4 is 10.6 Å². The predicted octanol–water partition coefficient (Wildman–Crippen LogP) is 1.19. The first kappa shape index (κ1) is 15.2. The van der Waals surface area contributed by atoms with Gasteiger partial charge in [-0.3, -0.25) is 5.32 Å². The summed E-state index contributed by atoms with van der Waals surface area (Å²) >= 11 is 1.33. The number of rotatable bonds is 4. The fourth-order valence-corrected chi connectivity index (χ4v) is 5.06. The first-order chi connectivity index (χ1) is 9.32. The Labute approximate surface area is 122 Å². The zero-order chi connectivity index (χ0) is 14.8. The molecule has 7 nitrogen and oxygen atoms in total. The summed E-state index contributed by atoms with van der Waals surface area (Å²) in [5.41, 5.74) is -0.708. The topological polar surface area (TPSA) is 101 Å². The lowest BCUT2D eigenvalue weighted by atomic mass is 10.0. The summed E-state index contributed by atoms with van der Waals surface area (Å²) in [6.07, 6.45) is 2.23. The summed E-state index contributed by atoms with van der Waals surface area (Å²) in [6.45, 7) is 3.78. The normalized spacial score (nSPS) is 24.5. The van der Waals surface area contributed by atoms with Gasteiger partial charge in [0.1, 0.15) is 5.01 Å². The Hall–Kier alpha value is -1.22. The monoisotopic (exact) mass is 318 g/mol. The van der Waals surface area contributed by atoms with Crippen molar-refractivity contribution in [2.75, 3.05) is 16.8 Å². The first-order valence-electron chi connectivity index (χ1n) is 6.44. The van der Waals surface area contributed by atoms with Crippen molar-refractivity contribution < 1.29 is 13.2 Å². The summed E-state index contributed by atoms with van der Waals surface area (Å²) < 4.78 is 22.9. The third-order valence-electron chi connectivity index (χ3n) is 3.07. The number of amides is 2. The molecule has 0 spiro atoms. The van der Waals surface area contributed by atoms with E-state index in [0.29, 0.717) is 11.6 Å². The Morgan fingerprint density at radius 1 is 1.45 bits per heavy atom. The molecule has 0 aromatic carbocycles. The molecular weight excluding hydrogens is 300 g/mol. The number of nitrogens with one attached hydrogen (secondary N) is 2. The van der Waals surface area contributed by atoms with Crippen molar-refractivity contribution in [3.63, 3.8) is 0 Å². The minimum atomic E-state index is -3.04. The lowest BCUT2D eigenvalue weighted by Crippen LogP contribution is -2.48. The van der Waals surface area contributed by atoms with E-state index in [-0.39, 0.29) is 11.5 Å². The van der Waals surface area contributed by atoms with Crippen LogP contribution in [0.2, 0.25) is 0 Å². The van der Waals surface area contributed by atoms with Crippen molar-refractivity contribution in [3.8, 4) is 0 Å². The molecule has 0 unspecified atom stereocenters. The van der Waals surface area contributed by atoms with Crippen LogP contribution in [0.15, 0.2) is 0 Å². The number of carbonyl (C=O) groups is 1. The van der Waals surface area contributed by atoms with E-state index in [9.17, 15) is 13.2 Å². The van der Waals surface area contributed by atoms with Gasteiger partial charge in [0.15, 0.2) is 9.84 Å². The van der Waals surface area contributed by atoms with Gasteiger partial charge in [0.25, 0.3) is 0 Å². The lowest BCUT2D eigenvalue weighted by Gasteiger charge is -2.23. The molecule has 1 atom stereocenters. The maximum Gasteiger partial charge on any atom is 0.321 e. The van der Waals surface area contributed by atoms with Gasteiger partial charge in [-0.2, -0.15) is 0 Å². The summed E-state index contributed by atoms with van der Waals surface area (Å²) in [7, 11) is -3.04. The van der Waals surface area contributed by atoms with Crippen LogP contribution in [0.5, 0.6) is 0 Å². The molecule has 0 bridgehead atoms. The number of aromatic nitrogens is 2. The van der Waals surface area contributed by atoms with Crippen molar-refractivity contribution in [3.05, 3.63) is 5.01 Å². The number of sulfone groups is 1. The standard InChI is InChI=1S/C11H18N4O3S2/c1-3-4-8-14-15-10(19-8)12-9(16)13-11(2)5-6-20(17,18)7-11/h3-7H2,1-2H3,(H2,12,13,15,16)/t11-/m0/s1. The minimum absolute atomic E-state index is 0.0232. The highest BCUT2D eigenvalue weighted by atomic mass is 32.2. The maximum absolute atomic E-state index is 11.9. The number of hydrogen-bond donors (Lipinski definition) is 2. The fourth-order valence-electron chi connectivity index (χ4n) is 2.13. The quantitative estimate of drug-likeness (QED) is 0.868. The van der Waals surface area contributed by atoms with Crippen LogP contribution in [-0.2, 0) is 16.3 Å². The number of anilines is 1. The van der Waals surface area contributed by atoms with E-state index in [1.54, 1.807) is 6.92 Å². The van der Waals surface area contributed by atoms with E-state index in [1.807, 2.05) is 6.92 Å². The first-order valence-corrected chi connectivity index (χ1v) is 9.08. The molecule has 0 aliphatic carbocycles. The van der Waals surface area contributed by atoms with E-state index in [0.717, 1.165) is 17.8 Å². The van der Waals surface area contributed by atoms with Gasteiger partial charge in [0.2, 0.25) is 5.13 Å². The van der Waals surface area contributed by atoms with Crippen LogP contribution in [0.25, 0.3) is 0 Å². The zero-order valence-electron chi connectivity index (χ0n) is 11.5. The third kappa shape index (κ3) is 3.89. The van der Waals surface area contributed by atoms with E-state index in [2.05, 4.69) is 20.8 Å². The van der Waals surface area contributed by atoms with Crippen molar-refractivity contribution >= 4 is 32.3 Å². The third-order valence-corrected chi connectivity index (χ3v) is 5.87. The molecule has 1 aromatic heterocycles. The number of urea groups is 1. The van der Waals surface area contributed by atoms with Crippen molar-refractivity contribution in [2.24, 2.45) is 0 Å². The van der Waals surface area contributed by atoms with Gasteiger partial charge < -0.3 is 5.32 Å². The lowest BCUT2D eigenvalue weighted by molar-refractivity contribution is 0.242. The molecule has 1 aliphatic rings. The second-order valence-electron chi connectivity index (χ2n) is 5.23. The molecule has 2 N–H and O–H groups in total. The average molecular weight is 318 g/mol. The van der Waals surface area contributed by atoms with Crippen molar-refractivity contribution in [2.45, 2.75) is 38.6 Å². The van der Waals surface area contributed by atoms with Crippen LogP contribution in [0.3, 0.4) is 0 Å². The number of aryl methyl sites for hydroxylation is 1. The second kappa shape index (κ2) is 5.65. The van der Waals surface area contributed by atoms with Gasteiger partial charge >= 0.3 is 6.03 Å². The highest BCUT2D eigenvalue weighted by molar-refractivity contribution is 7.91. The molecule has 2 rings (SSSR count). The molecule has 1 aromatic rings. The van der Waals surface area contributed by atoms with Crippen molar-refractivity contribution in [1.82, 2.24) is 15.5 Å². The molecule has 2 amide bonds. The van der Waals surface area contributed by atoms with Gasteiger partial charge in [0.05, 0.1) is 17.0 Å². The van der Waals surface area contributed by atoms with E-state index < -0.39 is 21.4 Å². The highest BCUT2D eigenvalue weighted by Gasteiger charge is 2.39. The Morgan fingerprint density at radius 2 is 2.20 bits per heavy atom. The van der Waals surface area contributed by atoms with Crippen LogP contribution in [-0.4, -0.2) is 41.7 Å². The summed E-state index contributed by atoms with van der Waals surface area (Å²) in [5.74, 6) is 0.0911. The Balaban J connectivity index is 1.92. The van der Waals surface area contributed by atoms with Gasteiger partial charge in [-0.25, -0.2) is 13.2 Å². The molecule has 0 saturated carbocycles. The van der Waals surface area contributed by atoms with E-state index in [1.165, 1.54) is 11.3 Å². The van der Waals surface area contributed by atoms with Gasteiger partial charge in [0, 0.05) is 6.42 Å². The molecule has 1 fully saturated rings. The van der Waals surface area contributed by atoms with Gasteiger partial charge in [-0.15, -0.1) is 10.2 Å². The van der Waals surface area contributed by atoms with Crippen molar-refractivity contribution in [1.29, 1.82) is 0 Å². The van der Waals surface area contributed by atoms with Gasteiger partial charge in [-0.05, 0) is 19.8 Å². The fraction of sp³-hybridized carbons (Fsp3) is 0.727. The zero-order valence-corrected chi connectivity index (χ0v) is 13.1. The number of hydrogen-bond acceptors (Lipinski definition) is 6. The molecule has 20 heavy (non-hydrogen) atoms. The number of carbonyl (C=O) groups excluding carboxylic acids is 1.